The van der Waals surface area contributed by atoms with Crippen LogP contribution in [0.4, 0.5) is 18.0 Å². The lowest BCUT2D eigenvalue weighted by atomic mass is 9.96. The zero-order valence-corrected chi connectivity index (χ0v) is 18.3. The number of benzene rings is 1. The van der Waals surface area contributed by atoms with E-state index in [1.54, 1.807) is 20.8 Å². The van der Waals surface area contributed by atoms with Gasteiger partial charge in [0.25, 0.3) is 5.56 Å². The van der Waals surface area contributed by atoms with Gasteiger partial charge < -0.3 is 19.7 Å². The van der Waals surface area contributed by atoms with E-state index < -0.39 is 41.0 Å². The summed E-state index contributed by atoms with van der Waals surface area (Å²) >= 11 is 0. The molecule has 0 aliphatic heterocycles. The first kappa shape index (κ1) is 25.0. The lowest BCUT2D eigenvalue weighted by Crippen LogP contribution is -2.44. The van der Waals surface area contributed by atoms with Crippen molar-refractivity contribution in [1.29, 1.82) is 0 Å². The van der Waals surface area contributed by atoms with Crippen molar-refractivity contribution in [1.82, 2.24) is 9.88 Å². The first-order chi connectivity index (χ1) is 14.6. The molecule has 2 aromatic rings. The summed E-state index contributed by atoms with van der Waals surface area (Å²) in [6.07, 6.45) is -4.83. The lowest BCUT2D eigenvalue weighted by Gasteiger charge is -2.22. The summed E-state index contributed by atoms with van der Waals surface area (Å²) in [7, 11) is 1.24. The Kier molecular flexibility index (Phi) is 7.06. The monoisotopic (exact) mass is 454 g/mol. The quantitative estimate of drug-likeness (QED) is 0.714. The molecule has 0 unspecified atom stereocenters. The molecule has 0 saturated heterocycles. The van der Waals surface area contributed by atoms with Crippen LogP contribution in [0.1, 0.15) is 37.5 Å². The smallest absolute Gasteiger partial charge is 0.418 e. The van der Waals surface area contributed by atoms with E-state index in [9.17, 15) is 32.7 Å². The average Bonchev–Trinajstić information content (AvgIpc) is 2.63. The van der Waals surface area contributed by atoms with Crippen molar-refractivity contribution in [2.24, 2.45) is 7.05 Å². The number of alkyl carbamates (subject to hydrolysis) is 1. The molecular weight excluding hydrogens is 429 g/mol. The molecule has 0 radical (unpaired) electrons. The number of amides is 1. The number of alkyl halides is 3. The number of rotatable bonds is 5. The van der Waals surface area contributed by atoms with Gasteiger partial charge in [-0.05, 0) is 44.4 Å². The number of nitrogens with one attached hydrogen (secondary N) is 1. The van der Waals surface area contributed by atoms with E-state index in [0.717, 1.165) is 10.8 Å². The molecule has 10 heteroatoms. The number of hydrogen-bond acceptors (Lipinski definition) is 4. The van der Waals surface area contributed by atoms with Gasteiger partial charge in [0.05, 0.1) is 11.1 Å². The molecule has 1 aromatic carbocycles. The topological polar surface area (TPSA) is 97.6 Å². The third-order valence-corrected chi connectivity index (χ3v) is 4.61. The number of ether oxygens (including phenoxy) is 1. The van der Waals surface area contributed by atoms with Gasteiger partial charge in [-0.2, -0.15) is 13.2 Å². The predicted molar refractivity (Wildman–Crippen MR) is 111 cm³/mol. The molecule has 1 aromatic heterocycles. The Bertz CT molecular complexity index is 1070. The standard InChI is InChI=1S/C22H25F3N2O5/c1-12-15(22(23,24)25)11-27(5)18(28)17(12)14-8-6-13(7-9-14)10-16(19(29)30)26-20(31)32-21(2,3)4/h6-9,11,16H,10H2,1-5H3,(H,26,31)(H,29,30)/t16-/m0/s1. The van der Waals surface area contributed by atoms with Crippen LogP contribution in [-0.2, 0) is 29.2 Å². The second-order valence-corrected chi connectivity index (χ2v) is 8.39. The maximum absolute atomic E-state index is 13.3. The number of nitrogens with zero attached hydrogens (tertiary/aromatic N) is 1. The van der Waals surface area contributed by atoms with Gasteiger partial charge in [-0.25, -0.2) is 9.59 Å². The van der Waals surface area contributed by atoms with E-state index in [1.807, 2.05) is 0 Å². The molecule has 1 amide bonds. The SMILES string of the molecule is Cc1c(C(F)(F)F)cn(C)c(=O)c1-c1ccc(C[C@H](NC(=O)OC(C)(C)C)C(=O)O)cc1. The van der Waals surface area contributed by atoms with Crippen LogP contribution < -0.4 is 10.9 Å². The van der Waals surface area contributed by atoms with Crippen LogP contribution in [0.3, 0.4) is 0 Å². The van der Waals surface area contributed by atoms with Gasteiger partial charge in [0.1, 0.15) is 11.6 Å². The molecule has 0 aliphatic carbocycles. The Labute approximate surface area is 182 Å². The van der Waals surface area contributed by atoms with Gasteiger partial charge in [0.2, 0.25) is 0 Å². The zero-order chi connectivity index (χ0) is 24.4. The molecule has 0 bridgehead atoms. The first-order valence-electron chi connectivity index (χ1n) is 9.69. The Morgan fingerprint density at radius 1 is 1.16 bits per heavy atom. The summed E-state index contributed by atoms with van der Waals surface area (Å²) < 4.78 is 45.9. The zero-order valence-electron chi connectivity index (χ0n) is 18.3. The summed E-state index contributed by atoms with van der Waals surface area (Å²) in [4.78, 5) is 35.9. The Balaban J connectivity index is 2.32. The van der Waals surface area contributed by atoms with Crippen molar-refractivity contribution in [3.05, 3.63) is 57.5 Å². The molecule has 174 valence electrons. The molecule has 2 rings (SSSR count). The fourth-order valence-corrected chi connectivity index (χ4v) is 3.14. The largest absolute Gasteiger partial charge is 0.480 e. The van der Waals surface area contributed by atoms with Gasteiger partial charge in [0.15, 0.2) is 0 Å². The number of pyridine rings is 1. The van der Waals surface area contributed by atoms with Crippen molar-refractivity contribution >= 4 is 12.1 Å². The minimum Gasteiger partial charge on any atom is -0.480 e. The number of carbonyl (C=O) groups is 2. The summed E-state index contributed by atoms with van der Waals surface area (Å²) in [6.45, 7) is 6.15. The van der Waals surface area contributed by atoms with Gasteiger partial charge in [-0.1, -0.05) is 24.3 Å². The summed E-state index contributed by atoms with van der Waals surface area (Å²) in [6, 6.07) is 4.62. The van der Waals surface area contributed by atoms with Crippen molar-refractivity contribution in [2.45, 2.75) is 51.9 Å². The second-order valence-electron chi connectivity index (χ2n) is 8.39. The van der Waals surface area contributed by atoms with Gasteiger partial charge in [-0.15, -0.1) is 0 Å². The van der Waals surface area contributed by atoms with E-state index in [2.05, 4.69) is 5.32 Å². The average molecular weight is 454 g/mol. The van der Waals surface area contributed by atoms with Crippen LogP contribution >= 0.6 is 0 Å². The number of aliphatic carboxylic acids is 1. The van der Waals surface area contributed by atoms with Gasteiger partial charge in [0, 0.05) is 19.7 Å². The molecule has 0 spiro atoms. The van der Waals surface area contributed by atoms with Crippen LogP contribution in [0.2, 0.25) is 0 Å². The van der Waals surface area contributed by atoms with Gasteiger partial charge in [-0.3, -0.25) is 4.79 Å². The predicted octanol–water partition coefficient (Wildman–Crippen LogP) is 3.90. The highest BCUT2D eigenvalue weighted by atomic mass is 19.4. The van der Waals surface area contributed by atoms with Crippen molar-refractivity contribution in [3.8, 4) is 11.1 Å². The molecule has 0 aliphatic rings. The van der Waals surface area contributed by atoms with E-state index in [0.29, 0.717) is 5.56 Å². The number of hydrogen-bond donors (Lipinski definition) is 2. The van der Waals surface area contributed by atoms with Crippen molar-refractivity contribution in [2.75, 3.05) is 0 Å². The highest BCUT2D eigenvalue weighted by molar-refractivity contribution is 5.80. The maximum atomic E-state index is 13.3. The van der Waals surface area contributed by atoms with Crippen molar-refractivity contribution < 1.29 is 32.6 Å². The van der Waals surface area contributed by atoms with Gasteiger partial charge >= 0.3 is 18.2 Å². The number of aryl methyl sites for hydroxylation is 1. The number of carboxylic acid groups (broad SMARTS) is 1. The highest BCUT2D eigenvalue weighted by Gasteiger charge is 2.34. The third kappa shape index (κ3) is 6.12. The molecule has 1 heterocycles. The van der Waals surface area contributed by atoms with E-state index >= 15 is 0 Å². The minimum absolute atomic E-state index is 0.0875. The number of aromatic nitrogens is 1. The van der Waals surface area contributed by atoms with E-state index in [-0.39, 0.29) is 23.1 Å². The second kappa shape index (κ2) is 9.05. The molecule has 2 N–H and O–H groups in total. The Morgan fingerprint density at radius 2 is 1.72 bits per heavy atom. The lowest BCUT2D eigenvalue weighted by molar-refractivity contribution is -0.139. The normalized spacial score (nSPS) is 12.9. The van der Waals surface area contributed by atoms with Crippen LogP contribution in [0, 0.1) is 6.92 Å². The van der Waals surface area contributed by atoms with Crippen LogP contribution in [0.15, 0.2) is 35.3 Å². The molecular formula is C22H25F3N2O5. The molecule has 1 atom stereocenters. The first-order valence-corrected chi connectivity index (χ1v) is 9.69. The molecule has 32 heavy (non-hydrogen) atoms. The van der Waals surface area contributed by atoms with Crippen molar-refractivity contribution in [3.63, 3.8) is 0 Å². The van der Waals surface area contributed by atoms with E-state index in [4.69, 9.17) is 4.74 Å². The fraction of sp³-hybridized carbons (Fsp3) is 0.409. The third-order valence-electron chi connectivity index (χ3n) is 4.61. The van der Waals surface area contributed by atoms with Crippen LogP contribution in [0.5, 0.6) is 0 Å². The maximum Gasteiger partial charge on any atom is 0.418 e. The number of carboxylic acids is 1. The fourth-order valence-electron chi connectivity index (χ4n) is 3.14. The van der Waals surface area contributed by atoms with Crippen LogP contribution in [-0.4, -0.2) is 33.4 Å². The Morgan fingerprint density at radius 3 is 2.19 bits per heavy atom. The highest BCUT2D eigenvalue weighted by Crippen LogP contribution is 2.34. The Hall–Kier alpha value is -3.30. The summed E-state index contributed by atoms with van der Waals surface area (Å²) in [5, 5.41) is 11.7. The molecule has 7 nitrogen and oxygen atoms in total. The summed E-state index contributed by atoms with van der Waals surface area (Å²) in [5.41, 5.74) is -1.81. The molecule has 0 fully saturated rings. The minimum atomic E-state index is -4.62. The van der Waals surface area contributed by atoms with Crippen LogP contribution in [0.25, 0.3) is 11.1 Å². The van der Waals surface area contributed by atoms with E-state index in [1.165, 1.54) is 38.2 Å². The number of carbonyl (C=O) groups excluding carboxylic acids is 1. The number of halogens is 3. The summed E-state index contributed by atoms with van der Waals surface area (Å²) in [5.74, 6) is -1.28. The molecule has 0 saturated carbocycles.